The van der Waals surface area contributed by atoms with Crippen LogP contribution in [0.1, 0.15) is 33.6 Å². The van der Waals surface area contributed by atoms with Gasteiger partial charge in [0, 0.05) is 5.92 Å². The average Bonchev–Trinajstić information content (AvgIpc) is 2.76. The summed E-state index contributed by atoms with van der Waals surface area (Å²) in [5.41, 5.74) is -0.266. The molecule has 0 unspecified atom stereocenters. The van der Waals surface area contributed by atoms with Crippen molar-refractivity contribution in [2.45, 2.75) is 39.2 Å². The number of hydroxylamine groups is 2. The average molecular weight is 223 g/mol. The topological polar surface area (TPSA) is 29.5 Å². The highest BCUT2D eigenvalue weighted by atomic mass is 16.7. The third-order valence-corrected chi connectivity index (χ3v) is 3.59. The van der Waals surface area contributed by atoms with Crippen molar-refractivity contribution in [3.05, 3.63) is 12.2 Å². The molecule has 0 radical (unpaired) electrons. The molecule has 2 aliphatic rings. The van der Waals surface area contributed by atoms with Gasteiger partial charge >= 0.3 is 0 Å². The number of hydrogen-bond donors (Lipinski definition) is 0. The van der Waals surface area contributed by atoms with E-state index in [1.807, 2.05) is 20.8 Å². The minimum atomic E-state index is -0.266. The van der Waals surface area contributed by atoms with Crippen LogP contribution in [0.25, 0.3) is 0 Å². The Morgan fingerprint density at radius 2 is 2.00 bits per heavy atom. The van der Waals surface area contributed by atoms with Crippen LogP contribution in [-0.4, -0.2) is 23.6 Å². The van der Waals surface area contributed by atoms with Gasteiger partial charge in [-0.25, -0.2) is 5.06 Å². The monoisotopic (exact) mass is 223 g/mol. The van der Waals surface area contributed by atoms with Crippen LogP contribution >= 0.6 is 0 Å². The zero-order valence-corrected chi connectivity index (χ0v) is 10.6. The predicted octanol–water partition coefficient (Wildman–Crippen LogP) is 2.39. The van der Waals surface area contributed by atoms with Crippen molar-refractivity contribution in [2.24, 2.45) is 17.8 Å². The molecule has 2 bridgehead atoms. The molecule has 2 aliphatic carbocycles. The van der Waals surface area contributed by atoms with Gasteiger partial charge in [-0.15, -0.1) is 0 Å². The predicted molar refractivity (Wildman–Crippen MR) is 62.5 cm³/mol. The van der Waals surface area contributed by atoms with E-state index in [-0.39, 0.29) is 17.4 Å². The zero-order valence-electron chi connectivity index (χ0n) is 10.6. The summed E-state index contributed by atoms with van der Waals surface area (Å²) >= 11 is 0. The van der Waals surface area contributed by atoms with E-state index < -0.39 is 0 Å². The lowest BCUT2D eigenvalue weighted by Crippen LogP contribution is -2.48. The summed E-state index contributed by atoms with van der Waals surface area (Å²) in [4.78, 5) is 17.6. The molecule has 0 aliphatic heterocycles. The third-order valence-electron chi connectivity index (χ3n) is 3.59. The summed E-state index contributed by atoms with van der Waals surface area (Å²) in [5.74, 6) is 1.34. The highest BCUT2D eigenvalue weighted by molar-refractivity contribution is 5.79. The van der Waals surface area contributed by atoms with Gasteiger partial charge in [-0.3, -0.25) is 9.63 Å². The van der Waals surface area contributed by atoms with Crippen molar-refractivity contribution in [3.8, 4) is 0 Å². The van der Waals surface area contributed by atoms with Gasteiger partial charge in [0.05, 0.1) is 12.6 Å². The Labute approximate surface area is 97.4 Å². The highest BCUT2D eigenvalue weighted by Gasteiger charge is 2.43. The van der Waals surface area contributed by atoms with Crippen molar-refractivity contribution >= 4 is 5.91 Å². The summed E-state index contributed by atoms with van der Waals surface area (Å²) in [6.45, 7) is 5.99. The molecule has 16 heavy (non-hydrogen) atoms. The van der Waals surface area contributed by atoms with E-state index in [9.17, 15) is 4.79 Å². The molecular formula is C13H21NO2. The van der Waals surface area contributed by atoms with Gasteiger partial charge in [0.25, 0.3) is 0 Å². The van der Waals surface area contributed by atoms with Crippen LogP contribution in [0.15, 0.2) is 12.2 Å². The molecule has 0 saturated heterocycles. The molecule has 1 saturated carbocycles. The van der Waals surface area contributed by atoms with Crippen LogP contribution < -0.4 is 0 Å². The van der Waals surface area contributed by atoms with Gasteiger partial charge in [0.2, 0.25) is 5.91 Å². The maximum atomic E-state index is 12.4. The minimum absolute atomic E-state index is 0.133. The summed E-state index contributed by atoms with van der Waals surface area (Å²) in [5, 5.41) is 1.53. The molecule has 0 aromatic carbocycles. The molecular weight excluding hydrogens is 202 g/mol. The Balaban J connectivity index is 2.10. The first-order chi connectivity index (χ1) is 7.43. The van der Waals surface area contributed by atoms with Crippen LogP contribution in [-0.2, 0) is 9.63 Å². The number of rotatable bonds is 2. The normalized spacial score (nSPS) is 32.1. The SMILES string of the molecule is CON(C(=O)[C@H]1C[C@H]2C=C[C@@H]1C2)C(C)(C)C. The summed E-state index contributed by atoms with van der Waals surface area (Å²) in [6.07, 6.45) is 6.60. The van der Waals surface area contributed by atoms with Crippen LogP contribution in [0, 0.1) is 17.8 Å². The number of carbonyl (C=O) groups is 1. The smallest absolute Gasteiger partial charge is 0.250 e. The molecule has 0 aromatic rings. The number of hydrogen-bond acceptors (Lipinski definition) is 2. The minimum Gasteiger partial charge on any atom is -0.274 e. The van der Waals surface area contributed by atoms with Crippen LogP contribution in [0.4, 0.5) is 0 Å². The van der Waals surface area contributed by atoms with E-state index >= 15 is 0 Å². The maximum Gasteiger partial charge on any atom is 0.250 e. The van der Waals surface area contributed by atoms with Gasteiger partial charge < -0.3 is 0 Å². The molecule has 0 heterocycles. The Hall–Kier alpha value is -0.830. The van der Waals surface area contributed by atoms with E-state index in [4.69, 9.17) is 4.84 Å². The fraction of sp³-hybridized carbons (Fsp3) is 0.769. The standard InChI is InChI=1S/C13H21NO2/c1-13(2,3)14(16-4)12(15)11-8-9-5-6-10(11)7-9/h5-6,9-11H,7-8H2,1-4H3/t9-,10+,11-/m0/s1. The van der Waals surface area contributed by atoms with Crippen molar-refractivity contribution in [3.63, 3.8) is 0 Å². The van der Waals surface area contributed by atoms with Crippen LogP contribution in [0.3, 0.4) is 0 Å². The number of amides is 1. The Bertz CT molecular complexity index is 316. The molecule has 0 N–H and O–H groups in total. The highest BCUT2D eigenvalue weighted by Crippen LogP contribution is 2.44. The van der Waals surface area contributed by atoms with E-state index in [0.717, 1.165) is 12.8 Å². The van der Waals surface area contributed by atoms with E-state index in [1.54, 1.807) is 7.11 Å². The Morgan fingerprint density at radius 1 is 1.31 bits per heavy atom. The van der Waals surface area contributed by atoms with E-state index in [0.29, 0.717) is 11.8 Å². The number of carbonyl (C=O) groups excluding carboxylic acids is 1. The van der Waals surface area contributed by atoms with Gasteiger partial charge in [-0.1, -0.05) is 12.2 Å². The van der Waals surface area contributed by atoms with Gasteiger partial charge in [0.15, 0.2) is 0 Å². The molecule has 0 spiro atoms. The Kier molecular flexibility index (Phi) is 2.82. The van der Waals surface area contributed by atoms with Gasteiger partial charge in [-0.05, 0) is 45.4 Å². The lowest BCUT2D eigenvalue weighted by Gasteiger charge is -2.35. The van der Waals surface area contributed by atoms with Crippen molar-refractivity contribution in [2.75, 3.05) is 7.11 Å². The first kappa shape index (κ1) is 11.6. The molecule has 1 fully saturated rings. The Morgan fingerprint density at radius 3 is 2.38 bits per heavy atom. The number of nitrogens with zero attached hydrogens (tertiary/aromatic N) is 1. The number of fused-ring (bicyclic) bond motifs is 2. The van der Waals surface area contributed by atoms with Crippen molar-refractivity contribution in [1.82, 2.24) is 5.06 Å². The molecule has 3 nitrogen and oxygen atoms in total. The zero-order chi connectivity index (χ0) is 11.9. The second-order valence-electron chi connectivity index (χ2n) is 5.87. The van der Waals surface area contributed by atoms with Crippen LogP contribution in [0.5, 0.6) is 0 Å². The van der Waals surface area contributed by atoms with Gasteiger partial charge in [-0.2, -0.15) is 0 Å². The molecule has 3 heteroatoms. The van der Waals surface area contributed by atoms with E-state index in [1.165, 1.54) is 5.06 Å². The maximum absolute atomic E-state index is 12.4. The third kappa shape index (κ3) is 1.88. The van der Waals surface area contributed by atoms with E-state index in [2.05, 4.69) is 12.2 Å². The largest absolute Gasteiger partial charge is 0.274 e. The second kappa shape index (κ2) is 3.88. The fourth-order valence-electron chi connectivity index (χ4n) is 2.91. The summed E-state index contributed by atoms with van der Waals surface area (Å²) in [6, 6.07) is 0. The molecule has 90 valence electrons. The summed E-state index contributed by atoms with van der Waals surface area (Å²) < 4.78 is 0. The molecule has 3 atom stereocenters. The van der Waals surface area contributed by atoms with Gasteiger partial charge in [0.1, 0.15) is 0 Å². The lowest BCUT2D eigenvalue weighted by molar-refractivity contribution is -0.206. The molecule has 2 rings (SSSR count). The number of allylic oxidation sites excluding steroid dienone is 2. The first-order valence-electron chi connectivity index (χ1n) is 6.00. The van der Waals surface area contributed by atoms with Crippen molar-refractivity contribution in [1.29, 1.82) is 0 Å². The summed E-state index contributed by atoms with van der Waals surface area (Å²) in [7, 11) is 1.58. The molecule has 0 aromatic heterocycles. The lowest BCUT2D eigenvalue weighted by atomic mass is 9.91. The van der Waals surface area contributed by atoms with Crippen molar-refractivity contribution < 1.29 is 9.63 Å². The fourth-order valence-corrected chi connectivity index (χ4v) is 2.91. The second-order valence-corrected chi connectivity index (χ2v) is 5.87. The molecule has 1 amide bonds. The van der Waals surface area contributed by atoms with Crippen LogP contribution in [0.2, 0.25) is 0 Å². The first-order valence-corrected chi connectivity index (χ1v) is 6.00. The quantitative estimate of drug-likeness (QED) is 0.531.